The molecule has 244 valence electrons. The molecule has 2 fully saturated rings. The second-order valence-corrected chi connectivity index (χ2v) is 27.3. The molecule has 0 radical (unpaired) electrons. The minimum atomic E-state index is -1.23. The standard InChI is InChI=1S/C34H50BrN5O3Si2/c1-44(2,3)16-14-42-23-39(24-43-15-17-45(4,5)6)34-31(35)32(28-19-25-9-10-26(18-25)20-28)38-33-30(22-37-40(33)34)27-11-12-29(36-21-27)8-7-13-41/h11-12,21-22,25-26,28,41H,9-10,13-20,23-24H2,1-6H3/t25-,26+,28?. The average Bonchev–Trinajstić information content (AvgIpc) is 3.56. The molecule has 2 aliphatic carbocycles. The van der Waals surface area contributed by atoms with Gasteiger partial charge in [0.15, 0.2) is 11.5 Å². The fourth-order valence-electron chi connectivity index (χ4n) is 6.48. The third-order valence-corrected chi connectivity index (χ3v) is 13.2. The number of fused-ring (bicyclic) bond motifs is 3. The summed E-state index contributed by atoms with van der Waals surface area (Å²) in [7, 11) is -2.47. The SMILES string of the molecule is C[Si](C)(C)CCOCN(COCC[Si](C)(C)C)c1c(Br)c(C2C[C@H]3CC[C@@H](C2)C3)nc2c(-c3ccc(C#CCO)nc3)cnn12. The van der Waals surface area contributed by atoms with Crippen LogP contribution in [0.3, 0.4) is 0 Å². The van der Waals surface area contributed by atoms with E-state index in [-0.39, 0.29) is 6.61 Å². The van der Waals surface area contributed by atoms with Crippen molar-refractivity contribution in [3.05, 3.63) is 40.4 Å². The van der Waals surface area contributed by atoms with Crippen LogP contribution in [-0.4, -0.2) is 74.1 Å². The number of aliphatic hydroxyl groups is 1. The van der Waals surface area contributed by atoms with Crippen LogP contribution < -0.4 is 4.90 Å². The number of rotatable bonds is 13. The normalized spacial score (nSPS) is 20.0. The highest BCUT2D eigenvalue weighted by Crippen LogP contribution is 2.50. The molecular formula is C34H50BrN5O3Si2. The molecule has 8 nitrogen and oxygen atoms in total. The van der Waals surface area contributed by atoms with Crippen LogP contribution in [-0.2, 0) is 9.47 Å². The van der Waals surface area contributed by atoms with E-state index in [9.17, 15) is 0 Å². The summed E-state index contributed by atoms with van der Waals surface area (Å²) in [5.41, 5.74) is 4.41. The summed E-state index contributed by atoms with van der Waals surface area (Å²) in [6.45, 7) is 16.4. The zero-order valence-electron chi connectivity index (χ0n) is 27.9. The van der Waals surface area contributed by atoms with Crippen LogP contribution in [0.25, 0.3) is 16.8 Å². The molecule has 2 saturated carbocycles. The van der Waals surface area contributed by atoms with Gasteiger partial charge < -0.3 is 19.5 Å². The van der Waals surface area contributed by atoms with Gasteiger partial charge in [0.2, 0.25) is 0 Å². The Hall–Kier alpha value is -2.08. The maximum atomic E-state index is 9.08. The van der Waals surface area contributed by atoms with Crippen molar-refractivity contribution in [3.63, 3.8) is 0 Å². The van der Waals surface area contributed by atoms with Crippen molar-refractivity contribution in [3.8, 4) is 23.0 Å². The molecule has 3 aromatic rings. The summed E-state index contributed by atoms with van der Waals surface area (Å²) in [5, 5.41) is 14.0. The van der Waals surface area contributed by atoms with Gasteiger partial charge in [0.1, 0.15) is 25.8 Å². The molecule has 11 heteroatoms. The Balaban J connectivity index is 1.55. The second-order valence-electron chi connectivity index (χ2n) is 15.3. The quantitative estimate of drug-likeness (QED) is 0.0845. The monoisotopic (exact) mass is 711 g/mol. The van der Waals surface area contributed by atoms with Gasteiger partial charge in [-0.15, -0.1) is 0 Å². The molecule has 0 saturated heterocycles. The lowest BCUT2D eigenvalue weighted by Gasteiger charge is -2.31. The van der Waals surface area contributed by atoms with Gasteiger partial charge in [0.05, 0.1) is 16.4 Å². The first-order valence-corrected chi connectivity index (χ1v) is 24.7. The number of hydrogen-bond acceptors (Lipinski definition) is 7. The molecular weight excluding hydrogens is 662 g/mol. The lowest BCUT2D eigenvalue weighted by atomic mass is 9.79. The molecule has 3 atom stereocenters. The van der Waals surface area contributed by atoms with Gasteiger partial charge in [0, 0.05) is 52.6 Å². The highest BCUT2D eigenvalue weighted by atomic mass is 79.9. The molecule has 2 aliphatic rings. The Kier molecular flexibility index (Phi) is 11.3. The van der Waals surface area contributed by atoms with Crippen LogP contribution in [0.5, 0.6) is 0 Å². The van der Waals surface area contributed by atoms with Crippen molar-refractivity contribution in [2.75, 3.05) is 38.2 Å². The maximum absolute atomic E-state index is 9.08. The average molecular weight is 713 g/mol. The fourth-order valence-corrected chi connectivity index (χ4v) is 8.82. The topological polar surface area (TPSA) is 85.0 Å². The number of aliphatic hydroxyl groups excluding tert-OH is 1. The van der Waals surface area contributed by atoms with Crippen LogP contribution >= 0.6 is 15.9 Å². The van der Waals surface area contributed by atoms with Crippen LogP contribution in [0.1, 0.15) is 49.4 Å². The molecule has 2 bridgehead atoms. The lowest BCUT2D eigenvalue weighted by Crippen LogP contribution is -2.34. The lowest BCUT2D eigenvalue weighted by molar-refractivity contribution is 0.0941. The molecule has 0 aromatic carbocycles. The summed E-state index contributed by atoms with van der Waals surface area (Å²) in [6, 6.07) is 6.11. The van der Waals surface area contributed by atoms with Crippen molar-refractivity contribution >= 4 is 43.5 Å². The van der Waals surface area contributed by atoms with Gasteiger partial charge >= 0.3 is 0 Å². The van der Waals surface area contributed by atoms with Crippen molar-refractivity contribution in [1.29, 1.82) is 0 Å². The molecule has 0 amide bonds. The van der Waals surface area contributed by atoms with E-state index in [1.165, 1.54) is 32.1 Å². The van der Waals surface area contributed by atoms with Crippen molar-refractivity contribution in [2.24, 2.45) is 11.8 Å². The summed E-state index contributed by atoms with van der Waals surface area (Å²) < 4.78 is 15.7. The largest absolute Gasteiger partial charge is 0.384 e. The van der Waals surface area contributed by atoms with Crippen molar-refractivity contribution < 1.29 is 14.6 Å². The van der Waals surface area contributed by atoms with Gasteiger partial charge in [-0.2, -0.15) is 9.61 Å². The maximum Gasteiger partial charge on any atom is 0.165 e. The Morgan fingerprint density at radius 3 is 2.16 bits per heavy atom. The first-order valence-electron chi connectivity index (χ1n) is 16.5. The number of pyridine rings is 1. The first kappa shape index (κ1) is 34.3. The fraction of sp³-hybridized carbons (Fsp3) is 0.618. The number of ether oxygens (including phenoxy) is 2. The number of hydrogen-bond donors (Lipinski definition) is 1. The zero-order chi connectivity index (χ0) is 32.2. The van der Waals surface area contributed by atoms with Crippen LogP contribution in [0, 0.1) is 23.7 Å². The molecule has 3 aromatic heterocycles. The molecule has 1 N–H and O–H groups in total. The predicted octanol–water partition coefficient (Wildman–Crippen LogP) is 7.62. The van der Waals surface area contributed by atoms with Gasteiger partial charge in [-0.1, -0.05) is 58.0 Å². The van der Waals surface area contributed by atoms with E-state index in [1.54, 1.807) is 0 Å². The molecule has 45 heavy (non-hydrogen) atoms. The third-order valence-electron chi connectivity index (χ3n) is 9.02. The smallest absolute Gasteiger partial charge is 0.165 e. The number of halogens is 1. The second kappa shape index (κ2) is 14.8. The Bertz CT molecular complexity index is 1470. The van der Waals surface area contributed by atoms with Crippen molar-refractivity contribution in [2.45, 2.75) is 89.4 Å². The summed E-state index contributed by atoms with van der Waals surface area (Å²) in [4.78, 5) is 12.1. The van der Waals surface area contributed by atoms with Gasteiger partial charge in [-0.3, -0.25) is 0 Å². The van der Waals surface area contributed by atoms with E-state index >= 15 is 0 Å². The van der Waals surface area contributed by atoms with Crippen molar-refractivity contribution in [1.82, 2.24) is 19.6 Å². The van der Waals surface area contributed by atoms with E-state index in [0.717, 1.165) is 69.9 Å². The van der Waals surface area contributed by atoms with Gasteiger partial charge in [-0.05, 0) is 77.2 Å². The van der Waals surface area contributed by atoms with E-state index < -0.39 is 16.1 Å². The van der Waals surface area contributed by atoms with E-state index in [2.05, 4.69) is 76.9 Å². The Morgan fingerprint density at radius 1 is 0.956 bits per heavy atom. The molecule has 1 unspecified atom stereocenters. The Labute approximate surface area is 279 Å². The van der Waals surface area contributed by atoms with Gasteiger partial charge in [0.25, 0.3) is 0 Å². The van der Waals surface area contributed by atoms with Crippen LogP contribution in [0.15, 0.2) is 29.0 Å². The Morgan fingerprint density at radius 2 is 1.60 bits per heavy atom. The number of anilines is 1. The van der Waals surface area contributed by atoms with Gasteiger partial charge in [-0.25, -0.2) is 9.97 Å². The zero-order valence-corrected chi connectivity index (χ0v) is 31.5. The summed E-state index contributed by atoms with van der Waals surface area (Å²) >= 11 is 4.07. The van der Waals surface area contributed by atoms with E-state index in [0.29, 0.717) is 25.1 Å². The van der Waals surface area contributed by atoms with Crippen LogP contribution in [0.2, 0.25) is 51.4 Å². The van der Waals surface area contributed by atoms with E-state index in [1.807, 2.05) is 29.0 Å². The number of aromatic nitrogens is 4. The molecule has 3 heterocycles. The highest BCUT2D eigenvalue weighted by Gasteiger charge is 2.37. The molecule has 0 spiro atoms. The predicted molar refractivity (Wildman–Crippen MR) is 191 cm³/mol. The molecule has 5 rings (SSSR count). The number of nitrogens with zero attached hydrogens (tertiary/aromatic N) is 5. The summed E-state index contributed by atoms with van der Waals surface area (Å²) in [6.07, 6.45) is 10.1. The molecule has 0 aliphatic heterocycles. The third kappa shape index (κ3) is 9.05. The van der Waals surface area contributed by atoms with E-state index in [4.69, 9.17) is 24.7 Å². The minimum Gasteiger partial charge on any atom is -0.384 e. The highest BCUT2D eigenvalue weighted by molar-refractivity contribution is 9.10. The summed E-state index contributed by atoms with van der Waals surface area (Å²) in [5.74, 6) is 8.46. The first-order chi connectivity index (χ1) is 21.4. The van der Waals surface area contributed by atoms with Crippen LogP contribution in [0.4, 0.5) is 5.82 Å². The minimum absolute atomic E-state index is 0.190.